The van der Waals surface area contributed by atoms with Gasteiger partial charge in [0.25, 0.3) is 0 Å². The van der Waals surface area contributed by atoms with Crippen LogP contribution in [0, 0.1) is 5.92 Å². The van der Waals surface area contributed by atoms with Crippen LogP contribution in [0.2, 0.25) is 0 Å². The van der Waals surface area contributed by atoms with Gasteiger partial charge in [-0.15, -0.1) is 0 Å². The third kappa shape index (κ3) is 4.97. The third-order valence-electron chi connectivity index (χ3n) is 3.87. The summed E-state index contributed by atoms with van der Waals surface area (Å²) in [6.45, 7) is 7.04. The Morgan fingerprint density at radius 1 is 1.53 bits per heavy atom. The van der Waals surface area contributed by atoms with E-state index in [1.807, 2.05) is 12.1 Å². The van der Waals surface area contributed by atoms with Crippen LogP contribution in [0.25, 0.3) is 0 Å². The van der Waals surface area contributed by atoms with Crippen molar-refractivity contribution in [1.82, 2.24) is 10.2 Å². The maximum atomic E-state index is 5.54. The summed E-state index contributed by atoms with van der Waals surface area (Å²) in [6.07, 6.45) is 4.23. The Morgan fingerprint density at radius 3 is 3.11 bits per heavy atom. The summed E-state index contributed by atoms with van der Waals surface area (Å²) in [7, 11) is 2.20. The summed E-state index contributed by atoms with van der Waals surface area (Å²) in [5, 5.41) is 3.44. The van der Waals surface area contributed by atoms with E-state index >= 15 is 0 Å². The zero-order valence-electron chi connectivity index (χ0n) is 12.1. The summed E-state index contributed by atoms with van der Waals surface area (Å²) in [4.78, 5) is 2.43. The molecule has 1 aromatic rings. The molecule has 1 aromatic heterocycles. The molecule has 108 valence electrons. The van der Waals surface area contributed by atoms with E-state index in [-0.39, 0.29) is 0 Å². The fourth-order valence-corrected chi connectivity index (χ4v) is 2.51. The second-order valence-corrected chi connectivity index (χ2v) is 5.58. The Morgan fingerprint density at radius 2 is 2.42 bits per heavy atom. The van der Waals surface area contributed by atoms with Crippen molar-refractivity contribution in [2.45, 2.75) is 32.4 Å². The molecule has 2 unspecified atom stereocenters. The molecule has 1 aliphatic rings. The minimum Gasteiger partial charge on any atom is -0.468 e. The molecule has 0 radical (unpaired) electrons. The second-order valence-electron chi connectivity index (χ2n) is 5.58. The number of hydrogen-bond acceptors (Lipinski definition) is 4. The predicted molar refractivity (Wildman–Crippen MR) is 76.0 cm³/mol. The summed E-state index contributed by atoms with van der Waals surface area (Å²) in [6, 6.07) is 4.45. The largest absolute Gasteiger partial charge is 0.468 e. The van der Waals surface area contributed by atoms with Crippen molar-refractivity contribution in [2.75, 3.05) is 33.4 Å². The van der Waals surface area contributed by atoms with Gasteiger partial charge in [0.15, 0.2) is 0 Å². The zero-order valence-corrected chi connectivity index (χ0v) is 12.1. The Bertz CT molecular complexity index is 334. The average Bonchev–Trinajstić information content (AvgIpc) is 2.93. The number of hydrogen-bond donors (Lipinski definition) is 1. The van der Waals surface area contributed by atoms with E-state index in [1.165, 1.54) is 12.8 Å². The summed E-state index contributed by atoms with van der Waals surface area (Å²) in [5.41, 5.74) is 0. The van der Waals surface area contributed by atoms with Gasteiger partial charge in [-0.2, -0.15) is 0 Å². The fraction of sp³-hybridized carbons (Fsp3) is 0.733. The van der Waals surface area contributed by atoms with Gasteiger partial charge in [0.05, 0.1) is 19.4 Å². The molecule has 1 saturated heterocycles. The molecule has 1 N–H and O–H groups in total. The van der Waals surface area contributed by atoms with Crippen molar-refractivity contribution < 1.29 is 9.15 Å². The Labute approximate surface area is 116 Å². The quantitative estimate of drug-likeness (QED) is 0.820. The highest BCUT2D eigenvalue weighted by Crippen LogP contribution is 2.15. The van der Waals surface area contributed by atoms with Crippen LogP contribution in [-0.4, -0.2) is 44.3 Å². The van der Waals surface area contributed by atoms with Crippen molar-refractivity contribution in [3.63, 3.8) is 0 Å². The summed E-state index contributed by atoms with van der Waals surface area (Å²) in [5.74, 6) is 1.70. The number of nitrogens with one attached hydrogen (secondary N) is 1. The van der Waals surface area contributed by atoms with E-state index < -0.39 is 0 Å². The van der Waals surface area contributed by atoms with Crippen molar-refractivity contribution >= 4 is 0 Å². The van der Waals surface area contributed by atoms with Gasteiger partial charge < -0.3 is 19.4 Å². The van der Waals surface area contributed by atoms with Gasteiger partial charge in [-0.1, -0.05) is 0 Å². The van der Waals surface area contributed by atoms with Crippen LogP contribution in [0.1, 0.15) is 25.5 Å². The Balaban J connectivity index is 1.62. The molecule has 4 nitrogen and oxygen atoms in total. The first-order valence-corrected chi connectivity index (χ1v) is 7.27. The van der Waals surface area contributed by atoms with Gasteiger partial charge in [-0.3, -0.25) is 0 Å². The van der Waals surface area contributed by atoms with E-state index in [2.05, 4.69) is 24.2 Å². The van der Waals surface area contributed by atoms with Crippen LogP contribution in [0.5, 0.6) is 0 Å². The maximum Gasteiger partial charge on any atom is 0.117 e. The molecular formula is C15H26N2O2. The molecule has 1 aliphatic heterocycles. The molecule has 0 amide bonds. The molecule has 0 aliphatic carbocycles. The van der Waals surface area contributed by atoms with Crippen LogP contribution in [0.4, 0.5) is 0 Å². The lowest BCUT2D eigenvalue weighted by atomic mass is 10.0. The molecule has 2 heterocycles. The highest BCUT2D eigenvalue weighted by atomic mass is 16.5. The molecule has 0 aromatic carbocycles. The molecule has 0 saturated carbocycles. The van der Waals surface area contributed by atoms with Crippen molar-refractivity contribution in [3.05, 3.63) is 24.2 Å². The van der Waals surface area contributed by atoms with Crippen molar-refractivity contribution in [1.29, 1.82) is 0 Å². The van der Waals surface area contributed by atoms with E-state index in [4.69, 9.17) is 9.15 Å². The van der Waals surface area contributed by atoms with Crippen LogP contribution >= 0.6 is 0 Å². The van der Waals surface area contributed by atoms with Crippen molar-refractivity contribution in [3.8, 4) is 0 Å². The minimum absolute atomic E-state index is 0.525. The minimum atomic E-state index is 0.525. The first kappa shape index (κ1) is 14.6. The van der Waals surface area contributed by atoms with Crippen LogP contribution < -0.4 is 5.32 Å². The highest BCUT2D eigenvalue weighted by molar-refractivity contribution is 4.97. The predicted octanol–water partition coefficient (Wildman–Crippen LogP) is 2.12. The van der Waals surface area contributed by atoms with Gasteiger partial charge >= 0.3 is 0 Å². The average molecular weight is 266 g/mol. The molecule has 19 heavy (non-hydrogen) atoms. The van der Waals surface area contributed by atoms with Gasteiger partial charge in [-0.25, -0.2) is 0 Å². The molecular weight excluding hydrogens is 240 g/mol. The zero-order chi connectivity index (χ0) is 13.5. The van der Waals surface area contributed by atoms with Crippen LogP contribution in [0.15, 0.2) is 22.8 Å². The smallest absolute Gasteiger partial charge is 0.117 e. The Kier molecular flexibility index (Phi) is 5.89. The molecule has 4 heteroatoms. The SMILES string of the molecule is CC(CNCc1ccco1)N(C)CC1CCCOC1. The second kappa shape index (κ2) is 7.68. The molecule has 2 rings (SSSR count). The number of furan rings is 1. The lowest BCUT2D eigenvalue weighted by Gasteiger charge is -2.31. The first-order chi connectivity index (χ1) is 9.25. The fourth-order valence-electron chi connectivity index (χ4n) is 2.51. The summed E-state index contributed by atoms with van der Waals surface area (Å²) < 4.78 is 10.8. The van der Waals surface area contributed by atoms with Gasteiger partial charge in [-0.05, 0) is 44.9 Å². The number of likely N-dealkylation sites (N-methyl/N-ethyl adjacent to an activating group) is 1. The number of nitrogens with zero attached hydrogens (tertiary/aromatic N) is 1. The number of ether oxygens (including phenoxy) is 1. The van der Waals surface area contributed by atoms with Crippen molar-refractivity contribution in [2.24, 2.45) is 5.92 Å². The highest BCUT2D eigenvalue weighted by Gasteiger charge is 2.18. The maximum absolute atomic E-state index is 5.54. The number of rotatable bonds is 7. The third-order valence-corrected chi connectivity index (χ3v) is 3.87. The molecule has 2 atom stereocenters. The summed E-state index contributed by atoms with van der Waals surface area (Å²) >= 11 is 0. The molecule has 0 spiro atoms. The Hall–Kier alpha value is -0.840. The van der Waals surface area contributed by atoms with Crippen LogP contribution in [0.3, 0.4) is 0 Å². The van der Waals surface area contributed by atoms with E-state index in [1.54, 1.807) is 6.26 Å². The molecule has 1 fully saturated rings. The van der Waals surface area contributed by atoms with E-state index in [0.717, 1.165) is 38.6 Å². The lowest BCUT2D eigenvalue weighted by Crippen LogP contribution is -2.41. The van der Waals surface area contributed by atoms with Gasteiger partial charge in [0.2, 0.25) is 0 Å². The van der Waals surface area contributed by atoms with E-state index in [9.17, 15) is 0 Å². The topological polar surface area (TPSA) is 37.6 Å². The monoisotopic (exact) mass is 266 g/mol. The van der Waals surface area contributed by atoms with Gasteiger partial charge in [0.1, 0.15) is 5.76 Å². The molecule has 0 bridgehead atoms. The lowest BCUT2D eigenvalue weighted by molar-refractivity contribution is 0.0372. The standard InChI is InChI=1S/C15H26N2O2/c1-13(9-16-10-15-6-4-8-19-15)17(2)11-14-5-3-7-18-12-14/h4,6,8,13-14,16H,3,5,7,9-12H2,1-2H3. The van der Waals surface area contributed by atoms with Crippen LogP contribution in [-0.2, 0) is 11.3 Å². The first-order valence-electron chi connectivity index (χ1n) is 7.27. The van der Waals surface area contributed by atoms with Gasteiger partial charge in [0, 0.05) is 25.7 Å². The van der Waals surface area contributed by atoms with E-state index in [0.29, 0.717) is 12.0 Å². The normalized spacial score (nSPS) is 21.7.